The Morgan fingerprint density at radius 2 is 1.83 bits per heavy atom. The highest BCUT2D eigenvalue weighted by Gasteiger charge is 2.50. The van der Waals surface area contributed by atoms with Crippen molar-refractivity contribution < 1.29 is 28.6 Å². The topological polar surface area (TPSA) is 126 Å². The molecule has 0 bridgehead atoms. The number of esters is 2. The summed E-state index contributed by atoms with van der Waals surface area (Å²) in [6, 6.07) is 9.93. The van der Waals surface area contributed by atoms with Gasteiger partial charge in [-0.1, -0.05) is 45.9 Å². The second kappa shape index (κ2) is 12.6. The van der Waals surface area contributed by atoms with Gasteiger partial charge >= 0.3 is 18.0 Å². The van der Waals surface area contributed by atoms with Crippen LogP contribution < -0.4 is 10.9 Å². The summed E-state index contributed by atoms with van der Waals surface area (Å²) in [5.41, 5.74) is 1.15. The molecule has 11 heteroatoms. The molecule has 1 aromatic carbocycles. The molecule has 0 saturated heterocycles. The Hall–Kier alpha value is -3.86. The first-order valence-electron chi connectivity index (χ1n) is 16.3. The largest absolute Gasteiger partial charge is 0.457 e. The average Bonchev–Trinajstić information content (AvgIpc) is 3.36. The van der Waals surface area contributed by atoms with Gasteiger partial charge in [-0.05, 0) is 69.4 Å². The fraction of sp³-hybridized carbons (Fsp3) is 0.528. The number of hydrogen-bond acceptors (Lipinski definition) is 8. The highest BCUT2D eigenvalue weighted by Crippen LogP contribution is 2.60. The van der Waals surface area contributed by atoms with E-state index in [0.717, 1.165) is 22.2 Å². The van der Waals surface area contributed by atoms with E-state index in [1.54, 1.807) is 32.3 Å². The van der Waals surface area contributed by atoms with Crippen LogP contribution in [-0.4, -0.2) is 57.5 Å². The van der Waals surface area contributed by atoms with Crippen LogP contribution in [-0.2, 0) is 42.6 Å². The molecule has 0 fully saturated rings. The Morgan fingerprint density at radius 1 is 1.13 bits per heavy atom. The molecule has 0 saturated carbocycles. The fourth-order valence-corrected chi connectivity index (χ4v) is 9.87. The van der Waals surface area contributed by atoms with Gasteiger partial charge in [-0.2, -0.15) is 0 Å². The van der Waals surface area contributed by atoms with Gasteiger partial charge in [0.2, 0.25) is 5.60 Å². The molecule has 47 heavy (non-hydrogen) atoms. The first-order valence-corrected chi connectivity index (χ1v) is 18.8. The van der Waals surface area contributed by atoms with Gasteiger partial charge in [-0.15, -0.1) is 0 Å². The van der Waals surface area contributed by atoms with Crippen molar-refractivity contribution in [2.75, 3.05) is 19.1 Å². The van der Waals surface area contributed by atoms with Crippen LogP contribution in [0.15, 0.2) is 40.0 Å². The number of benzene rings is 1. The third-order valence-corrected chi connectivity index (χ3v) is 13.3. The van der Waals surface area contributed by atoms with E-state index >= 15 is 0 Å². The van der Waals surface area contributed by atoms with Gasteiger partial charge in [0.25, 0.3) is 5.56 Å². The highest BCUT2D eigenvalue weighted by atomic mass is 32.3. The van der Waals surface area contributed by atoms with Crippen molar-refractivity contribution in [3.8, 4) is 11.4 Å². The number of nitrogens with one attached hydrogen (secondary N) is 1. The lowest BCUT2D eigenvalue weighted by atomic mass is 9.85. The van der Waals surface area contributed by atoms with Crippen LogP contribution >= 0.6 is 10.0 Å². The molecule has 4 heterocycles. The monoisotopic (exact) mass is 665 g/mol. The Morgan fingerprint density at radius 3 is 2.49 bits per heavy atom. The Kier molecular flexibility index (Phi) is 9.27. The maximum Gasteiger partial charge on any atom is 0.407 e. The molecule has 254 valence electrons. The second-order valence-electron chi connectivity index (χ2n) is 14.2. The van der Waals surface area contributed by atoms with Crippen molar-refractivity contribution in [2.24, 2.45) is 5.92 Å². The molecule has 0 radical (unpaired) electrons. The average molecular weight is 666 g/mol. The maximum absolute atomic E-state index is 14.2. The molecule has 3 aromatic rings. The van der Waals surface area contributed by atoms with Gasteiger partial charge in [0.15, 0.2) is 0 Å². The van der Waals surface area contributed by atoms with Gasteiger partial charge in [-0.3, -0.25) is 9.59 Å². The van der Waals surface area contributed by atoms with E-state index in [-0.39, 0.29) is 38.0 Å². The molecule has 2 atom stereocenters. The molecule has 1 amide bonds. The van der Waals surface area contributed by atoms with E-state index in [0.29, 0.717) is 34.5 Å². The zero-order valence-electron chi connectivity index (χ0n) is 28.9. The summed E-state index contributed by atoms with van der Waals surface area (Å²) < 4.78 is 18.4. The summed E-state index contributed by atoms with van der Waals surface area (Å²) in [6.45, 7) is 14.2. The van der Waals surface area contributed by atoms with Crippen molar-refractivity contribution in [3.63, 3.8) is 0 Å². The molecule has 5 rings (SSSR count). The normalized spacial score (nSPS) is 18.2. The number of pyridine rings is 2. The van der Waals surface area contributed by atoms with Crippen molar-refractivity contribution in [1.29, 1.82) is 0 Å². The maximum atomic E-state index is 14.2. The summed E-state index contributed by atoms with van der Waals surface area (Å²) in [5, 5.41) is 4.13. The zero-order valence-corrected chi connectivity index (χ0v) is 29.8. The summed E-state index contributed by atoms with van der Waals surface area (Å²) in [4.78, 5) is 59.1. The number of para-hydroxylation sites is 1. The number of ether oxygens (including phenoxy) is 3. The summed E-state index contributed by atoms with van der Waals surface area (Å²) >= 11 is 0. The number of nitrogens with zero attached hydrogens (tertiary/aromatic N) is 2. The fourth-order valence-electron chi connectivity index (χ4n) is 6.60. The summed E-state index contributed by atoms with van der Waals surface area (Å²) in [7, 11) is -1.36. The van der Waals surface area contributed by atoms with Crippen molar-refractivity contribution >= 4 is 39.0 Å². The van der Waals surface area contributed by atoms with Gasteiger partial charge in [0.05, 0.1) is 29.0 Å². The number of amides is 1. The Bertz CT molecular complexity index is 1810. The number of carbonyl (C=O) groups excluding carboxylic acids is 3. The van der Waals surface area contributed by atoms with E-state index in [1.165, 1.54) is 4.90 Å². The summed E-state index contributed by atoms with van der Waals surface area (Å²) in [6.07, 6.45) is 4.39. The number of fused-ring (bicyclic) bond motifs is 5. The van der Waals surface area contributed by atoms with Gasteiger partial charge < -0.3 is 24.1 Å². The number of rotatable bonds is 9. The van der Waals surface area contributed by atoms with Crippen molar-refractivity contribution in [1.82, 2.24) is 14.9 Å². The minimum Gasteiger partial charge on any atom is -0.457 e. The van der Waals surface area contributed by atoms with E-state index in [2.05, 4.69) is 44.7 Å². The third kappa shape index (κ3) is 6.26. The number of hydrogen-bond donors (Lipinski definition) is 1. The first kappa shape index (κ1) is 34.5. The van der Waals surface area contributed by atoms with Crippen molar-refractivity contribution in [3.05, 3.63) is 57.4 Å². The molecule has 10 nitrogen and oxygen atoms in total. The number of carbonyl (C=O) groups is 3. The lowest BCUT2D eigenvalue weighted by Crippen LogP contribution is -2.47. The molecule has 0 aliphatic carbocycles. The first-order chi connectivity index (χ1) is 22.0. The molecular weight excluding hydrogens is 618 g/mol. The molecule has 2 aliphatic heterocycles. The van der Waals surface area contributed by atoms with E-state index < -0.39 is 39.3 Å². The van der Waals surface area contributed by atoms with Crippen LogP contribution in [0.1, 0.15) is 84.4 Å². The summed E-state index contributed by atoms with van der Waals surface area (Å²) in [5.74, 6) is -0.889. The Balaban J connectivity index is 1.54. The van der Waals surface area contributed by atoms with Gasteiger partial charge in [0.1, 0.15) is 12.2 Å². The molecule has 2 aromatic heterocycles. The van der Waals surface area contributed by atoms with Crippen LogP contribution in [0.5, 0.6) is 0 Å². The molecule has 0 spiro atoms. The molecule has 2 aliphatic rings. The Labute approximate surface area is 277 Å². The van der Waals surface area contributed by atoms with Crippen LogP contribution in [0.25, 0.3) is 22.3 Å². The second-order valence-corrected chi connectivity index (χ2v) is 18.2. The van der Waals surface area contributed by atoms with Gasteiger partial charge in [-0.25, -0.2) is 24.6 Å². The lowest BCUT2D eigenvalue weighted by Gasteiger charge is -2.42. The molecular formula is C36H47N3O7S. The minimum absolute atomic E-state index is 0.0598. The SMILES string of the molecule is CC[C@@]1(OC(=O)CCCNC(=O)OC(C)(C)C)C(=O)OCc2c1cc1n(c2=O)Cc2c-1nc1ccccc1c2S(C)(C)C(C)C(C)C. The van der Waals surface area contributed by atoms with Crippen LogP contribution in [0.4, 0.5) is 4.79 Å². The van der Waals surface area contributed by atoms with Crippen LogP contribution in [0.3, 0.4) is 0 Å². The van der Waals surface area contributed by atoms with Crippen LogP contribution in [0.2, 0.25) is 0 Å². The number of alkyl carbamates (subject to hydrolysis) is 1. The van der Waals surface area contributed by atoms with Crippen LogP contribution in [0, 0.1) is 5.92 Å². The standard InChI is InChI=1S/C36H47N3O7S/c1-10-36(45-29(40)16-13-17-37-34(43)46-35(5,6)7)26-18-28-30-24(19-39(28)32(41)25(26)20-44-33(36)42)31(47(8,9)22(4)21(2)3)23-14-11-12-15-27(23)38-30/h11-12,14-15,18,21-22H,10,13,16-17,19-20H2,1-9H3,(H,37,43)/t22?,36-/m0/s1. The van der Waals surface area contributed by atoms with Gasteiger partial charge in [0, 0.05) is 34.4 Å². The quantitative estimate of drug-likeness (QED) is 0.124. The third-order valence-electron chi connectivity index (χ3n) is 9.42. The van der Waals surface area contributed by atoms with Crippen molar-refractivity contribution in [2.45, 2.75) is 102 Å². The number of aromatic nitrogens is 2. The van der Waals surface area contributed by atoms with E-state index in [9.17, 15) is 19.2 Å². The zero-order chi connectivity index (χ0) is 34.5. The van der Waals surface area contributed by atoms with E-state index in [4.69, 9.17) is 19.2 Å². The lowest BCUT2D eigenvalue weighted by molar-refractivity contribution is -0.189. The molecule has 1 unspecified atom stereocenters. The predicted octanol–water partition coefficient (Wildman–Crippen LogP) is 6.40. The van der Waals surface area contributed by atoms with E-state index in [1.807, 2.05) is 24.3 Å². The predicted molar refractivity (Wildman–Crippen MR) is 184 cm³/mol. The minimum atomic E-state index is -1.78. The molecule has 1 N–H and O–H groups in total. The smallest absolute Gasteiger partial charge is 0.407 e. The number of cyclic esters (lactones) is 1. The highest BCUT2D eigenvalue weighted by molar-refractivity contribution is 8.33.